The van der Waals surface area contributed by atoms with Crippen LogP contribution in [0.5, 0.6) is 0 Å². The Kier molecular flexibility index (Phi) is 6.42. The van der Waals surface area contributed by atoms with E-state index in [0.717, 1.165) is 25.0 Å². The van der Waals surface area contributed by atoms with Crippen molar-refractivity contribution in [3.63, 3.8) is 0 Å². The molecule has 0 heterocycles. The Morgan fingerprint density at radius 3 is 2.63 bits per heavy atom. The molecule has 0 radical (unpaired) electrons. The summed E-state index contributed by atoms with van der Waals surface area (Å²) in [5.41, 5.74) is 0.0955. The highest BCUT2D eigenvalue weighted by atomic mass is 19.2. The van der Waals surface area contributed by atoms with Gasteiger partial charge in [0, 0.05) is 18.7 Å². The van der Waals surface area contributed by atoms with Crippen LogP contribution in [0.2, 0.25) is 0 Å². The highest BCUT2D eigenvalue weighted by molar-refractivity contribution is 5.94. The fourth-order valence-electron chi connectivity index (χ4n) is 1.92. The van der Waals surface area contributed by atoms with Gasteiger partial charge in [0.05, 0.1) is 0 Å². The van der Waals surface area contributed by atoms with Gasteiger partial charge < -0.3 is 10.4 Å². The molecule has 1 unspecified atom stereocenters. The standard InChI is InChI=1S/C14H19F2NO2/c1-2-3-10(6-7-18)9-17-14(19)11-4-5-12(15)13(16)8-11/h4-5,8,10,18H,2-3,6-7,9H2,1H3,(H,17,19). The van der Waals surface area contributed by atoms with Crippen molar-refractivity contribution in [1.29, 1.82) is 0 Å². The van der Waals surface area contributed by atoms with Crippen LogP contribution in [0.1, 0.15) is 36.5 Å². The number of benzene rings is 1. The summed E-state index contributed by atoms with van der Waals surface area (Å²) in [7, 11) is 0. The summed E-state index contributed by atoms with van der Waals surface area (Å²) in [6.45, 7) is 2.53. The molecule has 19 heavy (non-hydrogen) atoms. The molecule has 3 nitrogen and oxygen atoms in total. The zero-order chi connectivity index (χ0) is 14.3. The first kappa shape index (κ1) is 15.6. The molecule has 1 atom stereocenters. The SMILES string of the molecule is CCCC(CCO)CNC(=O)c1ccc(F)c(F)c1. The van der Waals surface area contributed by atoms with Gasteiger partial charge in [-0.15, -0.1) is 0 Å². The van der Waals surface area contributed by atoms with E-state index in [1.54, 1.807) is 0 Å². The molecule has 2 N–H and O–H groups in total. The van der Waals surface area contributed by atoms with Crippen LogP contribution in [0, 0.1) is 17.6 Å². The lowest BCUT2D eigenvalue weighted by molar-refractivity contribution is 0.0942. The van der Waals surface area contributed by atoms with Gasteiger partial charge in [-0.2, -0.15) is 0 Å². The molecule has 106 valence electrons. The number of amides is 1. The first-order valence-electron chi connectivity index (χ1n) is 6.42. The van der Waals surface area contributed by atoms with Crippen molar-refractivity contribution in [1.82, 2.24) is 5.32 Å². The average Bonchev–Trinajstić information content (AvgIpc) is 2.39. The molecule has 5 heteroatoms. The van der Waals surface area contributed by atoms with Crippen LogP contribution in [-0.4, -0.2) is 24.2 Å². The van der Waals surface area contributed by atoms with E-state index in [1.165, 1.54) is 6.07 Å². The number of hydrogen-bond donors (Lipinski definition) is 2. The topological polar surface area (TPSA) is 49.3 Å². The van der Waals surface area contributed by atoms with Crippen LogP contribution in [0.25, 0.3) is 0 Å². The van der Waals surface area contributed by atoms with Crippen LogP contribution in [-0.2, 0) is 0 Å². The summed E-state index contributed by atoms with van der Waals surface area (Å²) in [6.07, 6.45) is 2.48. The van der Waals surface area contributed by atoms with Crippen LogP contribution in [0.3, 0.4) is 0 Å². The molecule has 0 saturated carbocycles. The Bertz CT molecular complexity index is 418. The number of rotatable bonds is 7. The third-order valence-electron chi connectivity index (χ3n) is 2.97. The number of halogens is 2. The lowest BCUT2D eigenvalue weighted by Crippen LogP contribution is -2.29. The highest BCUT2D eigenvalue weighted by Crippen LogP contribution is 2.11. The Morgan fingerprint density at radius 1 is 1.32 bits per heavy atom. The zero-order valence-corrected chi connectivity index (χ0v) is 11.0. The van der Waals surface area contributed by atoms with E-state index in [-0.39, 0.29) is 18.1 Å². The van der Waals surface area contributed by atoms with E-state index >= 15 is 0 Å². The quantitative estimate of drug-likeness (QED) is 0.800. The minimum atomic E-state index is -1.03. The molecule has 1 aromatic rings. The maximum absolute atomic E-state index is 13.0. The van der Waals surface area contributed by atoms with Crippen molar-refractivity contribution in [2.24, 2.45) is 5.92 Å². The molecule has 1 rings (SSSR count). The van der Waals surface area contributed by atoms with Crippen LogP contribution in [0.15, 0.2) is 18.2 Å². The molecule has 0 aliphatic carbocycles. The third-order valence-corrected chi connectivity index (χ3v) is 2.97. The number of nitrogens with one attached hydrogen (secondary N) is 1. The molecule has 1 amide bonds. The van der Waals surface area contributed by atoms with Crippen molar-refractivity contribution in [3.05, 3.63) is 35.4 Å². The number of carbonyl (C=O) groups is 1. The van der Waals surface area contributed by atoms with Crippen LogP contribution in [0.4, 0.5) is 8.78 Å². The largest absolute Gasteiger partial charge is 0.396 e. The molecular weight excluding hydrogens is 252 g/mol. The maximum atomic E-state index is 13.0. The smallest absolute Gasteiger partial charge is 0.251 e. The molecule has 0 saturated heterocycles. The third kappa shape index (κ3) is 4.95. The van der Waals surface area contributed by atoms with Crippen molar-refractivity contribution in [2.45, 2.75) is 26.2 Å². The molecule has 0 aliphatic heterocycles. The van der Waals surface area contributed by atoms with Crippen molar-refractivity contribution in [2.75, 3.05) is 13.2 Å². The Morgan fingerprint density at radius 2 is 2.05 bits per heavy atom. The highest BCUT2D eigenvalue weighted by Gasteiger charge is 2.12. The maximum Gasteiger partial charge on any atom is 0.251 e. The van der Waals surface area contributed by atoms with Crippen molar-refractivity contribution < 1.29 is 18.7 Å². The molecule has 0 bridgehead atoms. The Hall–Kier alpha value is -1.49. The van der Waals surface area contributed by atoms with Gasteiger partial charge in [0.2, 0.25) is 0 Å². The summed E-state index contributed by atoms with van der Waals surface area (Å²) < 4.78 is 25.7. The second kappa shape index (κ2) is 7.84. The van der Waals surface area contributed by atoms with Gasteiger partial charge in [0.15, 0.2) is 11.6 Å². The molecule has 0 aromatic heterocycles. The summed E-state index contributed by atoms with van der Waals surface area (Å²) in [5.74, 6) is -2.24. The fraction of sp³-hybridized carbons (Fsp3) is 0.500. The Balaban J connectivity index is 2.56. The fourth-order valence-corrected chi connectivity index (χ4v) is 1.92. The van der Waals surface area contributed by atoms with Crippen LogP contribution >= 0.6 is 0 Å². The van der Waals surface area contributed by atoms with E-state index in [9.17, 15) is 13.6 Å². The molecule has 0 aliphatic rings. The van der Waals surface area contributed by atoms with E-state index in [0.29, 0.717) is 13.0 Å². The predicted octanol–water partition coefficient (Wildman–Crippen LogP) is 2.49. The monoisotopic (exact) mass is 271 g/mol. The molecule has 0 fully saturated rings. The number of aliphatic hydroxyl groups is 1. The van der Waals surface area contributed by atoms with Gasteiger partial charge in [0.1, 0.15) is 0 Å². The van der Waals surface area contributed by atoms with Crippen molar-refractivity contribution >= 4 is 5.91 Å². The minimum Gasteiger partial charge on any atom is -0.396 e. The second-order valence-electron chi connectivity index (χ2n) is 4.51. The van der Waals surface area contributed by atoms with E-state index in [4.69, 9.17) is 5.11 Å². The van der Waals surface area contributed by atoms with Gasteiger partial charge in [-0.1, -0.05) is 13.3 Å². The first-order valence-corrected chi connectivity index (χ1v) is 6.42. The number of carbonyl (C=O) groups excluding carboxylic acids is 1. The minimum absolute atomic E-state index is 0.0751. The number of aliphatic hydroxyl groups excluding tert-OH is 1. The molecule has 0 spiro atoms. The van der Waals surface area contributed by atoms with E-state index in [1.807, 2.05) is 6.92 Å². The van der Waals surface area contributed by atoms with Gasteiger partial charge in [-0.25, -0.2) is 8.78 Å². The molecular formula is C14H19F2NO2. The first-order chi connectivity index (χ1) is 9.08. The summed E-state index contributed by atoms with van der Waals surface area (Å²) in [6, 6.07) is 3.06. The Labute approximate surface area is 111 Å². The van der Waals surface area contributed by atoms with Gasteiger partial charge in [-0.05, 0) is 37.0 Å². The lowest BCUT2D eigenvalue weighted by Gasteiger charge is -2.15. The summed E-state index contributed by atoms with van der Waals surface area (Å²) in [4.78, 5) is 11.8. The van der Waals surface area contributed by atoms with Gasteiger partial charge >= 0.3 is 0 Å². The summed E-state index contributed by atoms with van der Waals surface area (Å²) in [5, 5.41) is 11.6. The zero-order valence-electron chi connectivity index (χ0n) is 11.0. The average molecular weight is 271 g/mol. The van der Waals surface area contributed by atoms with E-state index < -0.39 is 17.5 Å². The summed E-state index contributed by atoms with van der Waals surface area (Å²) >= 11 is 0. The lowest BCUT2D eigenvalue weighted by atomic mass is 10.00. The van der Waals surface area contributed by atoms with Crippen molar-refractivity contribution in [3.8, 4) is 0 Å². The normalized spacial score (nSPS) is 12.2. The van der Waals surface area contributed by atoms with Gasteiger partial charge in [-0.3, -0.25) is 4.79 Å². The van der Waals surface area contributed by atoms with Crippen LogP contribution < -0.4 is 5.32 Å². The second-order valence-corrected chi connectivity index (χ2v) is 4.51. The number of hydrogen-bond acceptors (Lipinski definition) is 2. The predicted molar refractivity (Wildman–Crippen MR) is 68.8 cm³/mol. The van der Waals surface area contributed by atoms with Gasteiger partial charge in [0.25, 0.3) is 5.91 Å². The van der Waals surface area contributed by atoms with E-state index in [2.05, 4.69) is 5.32 Å². The molecule has 1 aromatic carbocycles.